The SMILES string of the molecule is NC(=O)c1cc2ccnc3c2cc1OCCOCC1CC(=O)CC1CO3.NC(=O)c1cc2ccnc3c2cc1OCCOCCC1CC(=O)CC1CO3.NC(=O)c1cc2ccnc3c2cc1OCCOCCN1C(=O)CCC1CO3.NC(=O)c1cc2ccnc3c2cc1OCCOCN1C(=O)CCC1CO3. The van der Waals surface area contributed by atoms with Gasteiger partial charge < -0.3 is 89.6 Å². The van der Waals surface area contributed by atoms with Gasteiger partial charge in [0.1, 0.15) is 80.9 Å². The van der Waals surface area contributed by atoms with Gasteiger partial charge in [-0.15, -0.1) is 0 Å². The lowest BCUT2D eigenvalue weighted by molar-refractivity contribution is -0.135. The Hall–Kier alpha value is -11.1. The van der Waals surface area contributed by atoms with Crippen LogP contribution in [-0.4, -0.2) is 201 Å². The number of hydrogen-bond donors (Lipinski definition) is 4. The minimum Gasteiger partial charge on any atom is -0.490 e. The first-order chi connectivity index (χ1) is 51.5. The maximum absolute atomic E-state index is 12.1. The van der Waals surface area contributed by atoms with Gasteiger partial charge in [0.2, 0.25) is 35.3 Å². The van der Waals surface area contributed by atoms with Crippen LogP contribution in [0, 0.1) is 23.7 Å². The molecule has 106 heavy (non-hydrogen) atoms. The van der Waals surface area contributed by atoms with E-state index in [2.05, 4.69) is 19.9 Å². The number of carbonyl (C=O) groups excluding carboxylic acids is 8. The molecule has 6 amide bonds. The molecule has 2 aliphatic carbocycles. The number of amides is 6. The van der Waals surface area contributed by atoms with E-state index < -0.39 is 23.6 Å². The third kappa shape index (κ3) is 17.3. The van der Waals surface area contributed by atoms with Crippen LogP contribution in [0.2, 0.25) is 0 Å². The maximum atomic E-state index is 12.1. The zero-order valence-corrected chi connectivity index (χ0v) is 58.2. The number of primary amides is 4. The molecule has 6 atom stereocenters. The molecule has 30 nitrogen and oxygen atoms in total. The lowest BCUT2D eigenvalue weighted by atomic mass is 9.94. The van der Waals surface area contributed by atoms with Crippen molar-refractivity contribution in [3.8, 4) is 46.5 Å². The summed E-state index contributed by atoms with van der Waals surface area (Å²) in [5, 5.41) is 6.09. The van der Waals surface area contributed by atoms with Gasteiger partial charge in [-0.1, -0.05) is 0 Å². The highest BCUT2D eigenvalue weighted by molar-refractivity contribution is 6.05. The largest absolute Gasteiger partial charge is 0.490 e. The van der Waals surface area contributed by atoms with Gasteiger partial charge in [-0.25, -0.2) is 19.9 Å². The van der Waals surface area contributed by atoms with Crippen LogP contribution in [0.4, 0.5) is 0 Å². The Morgan fingerprint density at radius 2 is 0.689 bits per heavy atom. The minimum absolute atomic E-state index is 0.00158. The van der Waals surface area contributed by atoms with Gasteiger partial charge in [-0.05, 0) is 125 Å². The molecular weight excluding hydrogens is 1370 g/mol. The van der Waals surface area contributed by atoms with Crippen molar-refractivity contribution in [2.24, 2.45) is 46.6 Å². The quantitative estimate of drug-likeness (QED) is 0.157. The van der Waals surface area contributed by atoms with Crippen LogP contribution >= 0.6 is 0 Å². The highest BCUT2D eigenvalue weighted by atomic mass is 16.5. The number of rotatable bonds is 4. The van der Waals surface area contributed by atoms with Crippen LogP contribution in [0.15, 0.2) is 97.6 Å². The van der Waals surface area contributed by atoms with Crippen molar-refractivity contribution < 1.29 is 95.2 Å². The standard InChI is InChI=1S/C20H22N2O5.C19H21N3O5.C19H20N2O5.C18H19N3O5/c21-19(24)17-9-13-1-3-22-20-16(13)10-18(17)26-6-5-25-4-2-12-7-15(23)8-14(12)11-27-20;20-18(24)15-9-12-3-4-21-19-14(12)10-16(15)26-8-7-25-6-5-22-13(11-27-19)1-2-17(22)23;20-18(23)16-7-11-1-2-21-19-15(11)8-17(16)25-4-3-24-9-12-5-14(22)6-13(12)10-26-19;19-17(23)14-7-11-3-4-20-18-13(11)8-15(14)25-6-5-24-10-21-12(9-26-18)1-2-16(21)22/h1,3,9-10,12,14H,2,4-8,11H2,(H2,21,24);3-4,9-10,13H,1-2,5-8,11H2,(H2,20,24);1-2,7-8,12-13H,3-6,9-10H2,(H2,20,23);3-4,7-8,12H,1-2,5-6,9-10H2,(H2,19,23). The van der Waals surface area contributed by atoms with E-state index in [0.29, 0.717) is 187 Å². The average molecular weight is 1460 g/mol. The molecule has 2 saturated heterocycles. The average Bonchev–Trinajstić information content (AvgIpc) is 0.918. The molecule has 4 aromatic carbocycles. The topological polar surface area (TPSA) is 409 Å². The van der Waals surface area contributed by atoms with Gasteiger partial charge in [0, 0.05) is 110 Å². The smallest absolute Gasteiger partial charge is 0.252 e. The number of ether oxygens (including phenoxy) is 12. The van der Waals surface area contributed by atoms with Crippen molar-refractivity contribution in [2.45, 2.75) is 69.9 Å². The predicted octanol–water partition coefficient (Wildman–Crippen LogP) is 6.01. The Labute approximate surface area is 607 Å². The van der Waals surface area contributed by atoms with Crippen molar-refractivity contribution in [1.29, 1.82) is 0 Å². The summed E-state index contributed by atoms with van der Waals surface area (Å²) in [4.78, 5) is 116. The molecule has 8 aromatic rings. The summed E-state index contributed by atoms with van der Waals surface area (Å²) in [7, 11) is 0. The van der Waals surface area contributed by atoms with Gasteiger partial charge in [-0.2, -0.15) is 0 Å². The molecule has 8 aliphatic rings. The second-order valence-corrected chi connectivity index (χ2v) is 26.7. The molecular formula is C76H82N10O20. The molecule has 6 aliphatic heterocycles. The minimum atomic E-state index is -0.572. The predicted molar refractivity (Wildman–Crippen MR) is 380 cm³/mol. The summed E-state index contributed by atoms with van der Waals surface area (Å²) < 4.78 is 69.2. The number of pyridine rings is 4. The summed E-state index contributed by atoms with van der Waals surface area (Å²) in [6.07, 6.45) is 11.9. The molecule has 0 spiro atoms. The zero-order chi connectivity index (χ0) is 73.8. The van der Waals surface area contributed by atoms with Crippen LogP contribution < -0.4 is 60.8 Å². The molecule has 4 fully saturated rings. The monoisotopic (exact) mass is 1450 g/mol. The molecule has 8 bridgehead atoms. The highest BCUT2D eigenvalue weighted by Crippen LogP contribution is 2.39. The summed E-state index contributed by atoms with van der Waals surface area (Å²) in [5.74, 6) is 2.49. The Balaban J connectivity index is 0.000000125. The lowest BCUT2D eigenvalue weighted by Crippen LogP contribution is -2.39. The normalized spacial score (nSPS) is 22.0. The molecule has 10 heterocycles. The summed E-state index contributed by atoms with van der Waals surface area (Å²) in [6, 6.07) is 20.7. The van der Waals surface area contributed by atoms with Crippen LogP contribution in [0.3, 0.4) is 0 Å². The van der Waals surface area contributed by atoms with Crippen molar-refractivity contribution >= 4 is 90.1 Å². The van der Waals surface area contributed by atoms with E-state index in [1.165, 1.54) is 0 Å². The van der Waals surface area contributed by atoms with Crippen molar-refractivity contribution in [3.63, 3.8) is 0 Å². The maximum Gasteiger partial charge on any atom is 0.252 e. The van der Waals surface area contributed by atoms with Gasteiger partial charge in [-0.3, -0.25) is 38.4 Å². The van der Waals surface area contributed by atoms with Crippen LogP contribution in [0.5, 0.6) is 46.5 Å². The number of aromatic nitrogens is 4. The van der Waals surface area contributed by atoms with E-state index in [1.807, 2.05) is 4.90 Å². The van der Waals surface area contributed by atoms with Crippen LogP contribution in [-0.2, 0) is 38.1 Å². The number of Topliss-reactive ketones (excluding diaryl/α,β-unsaturated/α-hetero) is 2. The van der Waals surface area contributed by atoms with Crippen LogP contribution in [0.25, 0.3) is 43.1 Å². The number of fused-ring (bicyclic) bond motifs is 8. The number of carbonyl (C=O) groups is 8. The summed E-state index contributed by atoms with van der Waals surface area (Å²) in [6.45, 7) is 6.17. The van der Waals surface area contributed by atoms with Gasteiger partial charge in [0.15, 0.2) is 0 Å². The number of ketones is 2. The van der Waals surface area contributed by atoms with Crippen molar-refractivity contribution in [2.75, 3.05) is 112 Å². The fourth-order valence-electron chi connectivity index (χ4n) is 14.3. The van der Waals surface area contributed by atoms with E-state index >= 15 is 0 Å². The number of hydrogen-bond acceptors (Lipinski definition) is 24. The van der Waals surface area contributed by atoms with E-state index in [1.54, 1.807) is 102 Å². The van der Waals surface area contributed by atoms with Gasteiger partial charge in [0.25, 0.3) is 23.6 Å². The molecule has 6 unspecified atom stereocenters. The number of nitrogens with two attached hydrogens (primary N) is 4. The Morgan fingerprint density at radius 3 is 1.10 bits per heavy atom. The Bertz CT molecular complexity index is 4460. The molecule has 556 valence electrons. The van der Waals surface area contributed by atoms with Crippen molar-refractivity contribution in [1.82, 2.24) is 29.7 Å². The highest BCUT2D eigenvalue weighted by Gasteiger charge is 2.37. The van der Waals surface area contributed by atoms with Gasteiger partial charge in [0.05, 0.1) is 87.2 Å². The zero-order valence-electron chi connectivity index (χ0n) is 58.2. The number of nitrogens with zero attached hydrogens (tertiary/aromatic N) is 6. The van der Waals surface area contributed by atoms with E-state index in [9.17, 15) is 38.4 Å². The third-order valence-electron chi connectivity index (χ3n) is 19.9. The number of benzene rings is 4. The second kappa shape index (κ2) is 33.8. The molecule has 2 saturated carbocycles. The van der Waals surface area contributed by atoms with Crippen molar-refractivity contribution in [3.05, 3.63) is 120 Å². The van der Waals surface area contributed by atoms with E-state index in [4.69, 9.17) is 79.8 Å². The van der Waals surface area contributed by atoms with Crippen LogP contribution in [0.1, 0.15) is 99.2 Å². The first-order valence-electron chi connectivity index (χ1n) is 35.4. The third-order valence-corrected chi connectivity index (χ3v) is 19.9. The molecule has 30 heteroatoms. The molecule has 8 N–H and O–H groups in total. The fraction of sp³-hybridized carbons (Fsp3) is 0.421. The van der Waals surface area contributed by atoms with Gasteiger partial charge >= 0.3 is 0 Å². The van der Waals surface area contributed by atoms with E-state index in [-0.39, 0.29) is 92.3 Å². The molecule has 0 radical (unpaired) electrons. The second-order valence-electron chi connectivity index (χ2n) is 26.7. The molecule has 16 rings (SSSR count). The fourth-order valence-corrected chi connectivity index (χ4v) is 14.3. The Kier molecular flexibility index (Phi) is 23.3. The summed E-state index contributed by atoms with van der Waals surface area (Å²) >= 11 is 0. The lowest BCUT2D eigenvalue weighted by Gasteiger charge is -2.25. The van der Waals surface area contributed by atoms with E-state index in [0.717, 1.165) is 62.4 Å². The first kappa shape index (κ1) is 73.2. The Morgan fingerprint density at radius 1 is 0.349 bits per heavy atom. The first-order valence-corrected chi connectivity index (χ1v) is 35.4. The summed E-state index contributed by atoms with van der Waals surface area (Å²) in [5.41, 5.74) is 23.2. The molecule has 4 aromatic heterocycles.